The van der Waals surface area contributed by atoms with E-state index >= 15 is 0 Å². The second-order valence-corrected chi connectivity index (χ2v) is 6.82. The number of carbonyl (C=O) groups is 1. The number of thioether (sulfide) groups is 1. The predicted molar refractivity (Wildman–Crippen MR) is 107 cm³/mol. The maximum Gasteiger partial charge on any atom is 0.222 e. The third kappa shape index (κ3) is 4.85. The van der Waals surface area contributed by atoms with Crippen molar-refractivity contribution >= 4 is 23.4 Å². The Kier molecular flexibility index (Phi) is 7.21. The van der Waals surface area contributed by atoms with Gasteiger partial charge in [0.2, 0.25) is 5.91 Å². The standard InChI is InChI=1S/C20H26N2O3S/c1-22(20(23)10-9-14-7-5-6-8-16(14)21)13-15-11-17(24-2)18(25-3)12-19(15)26-4/h5-8,11-12H,9-10,13,21H2,1-4H3. The molecule has 0 bridgehead atoms. The second kappa shape index (κ2) is 9.38. The van der Waals surface area contributed by atoms with Crippen molar-refractivity contribution in [3.8, 4) is 11.5 Å². The summed E-state index contributed by atoms with van der Waals surface area (Å²) in [5.41, 5.74) is 8.72. The molecule has 0 heterocycles. The lowest BCUT2D eigenvalue weighted by atomic mass is 10.1. The van der Waals surface area contributed by atoms with Crippen LogP contribution in [-0.2, 0) is 17.8 Å². The summed E-state index contributed by atoms with van der Waals surface area (Å²) in [5.74, 6) is 1.43. The molecule has 0 radical (unpaired) electrons. The monoisotopic (exact) mass is 374 g/mol. The van der Waals surface area contributed by atoms with E-state index in [0.717, 1.165) is 21.7 Å². The molecule has 0 aliphatic carbocycles. The van der Waals surface area contributed by atoms with E-state index in [1.54, 1.807) is 30.9 Å². The van der Waals surface area contributed by atoms with Gasteiger partial charge in [-0.25, -0.2) is 0 Å². The van der Waals surface area contributed by atoms with Crippen LogP contribution in [0.5, 0.6) is 11.5 Å². The van der Waals surface area contributed by atoms with Gasteiger partial charge in [0.15, 0.2) is 11.5 Å². The number of rotatable bonds is 8. The van der Waals surface area contributed by atoms with Crippen molar-refractivity contribution < 1.29 is 14.3 Å². The third-order valence-electron chi connectivity index (χ3n) is 4.28. The summed E-state index contributed by atoms with van der Waals surface area (Å²) in [7, 11) is 5.05. The fourth-order valence-corrected chi connectivity index (χ4v) is 3.36. The first-order chi connectivity index (χ1) is 12.5. The quantitative estimate of drug-likeness (QED) is 0.565. The van der Waals surface area contributed by atoms with E-state index in [9.17, 15) is 4.79 Å². The minimum Gasteiger partial charge on any atom is -0.493 e. The Bertz CT molecular complexity index is 765. The summed E-state index contributed by atoms with van der Waals surface area (Å²) in [5, 5.41) is 0. The van der Waals surface area contributed by atoms with E-state index in [2.05, 4.69) is 0 Å². The Hall–Kier alpha value is -2.34. The van der Waals surface area contributed by atoms with Crippen LogP contribution in [0.15, 0.2) is 41.3 Å². The van der Waals surface area contributed by atoms with Crippen molar-refractivity contribution in [3.63, 3.8) is 0 Å². The van der Waals surface area contributed by atoms with E-state index in [1.165, 1.54) is 0 Å². The summed E-state index contributed by atoms with van der Waals surface area (Å²) in [6.07, 6.45) is 3.06. The molecule has 2 aromatic carbocycles. The average Bonchev–Trinajstić information content (AvgIpc) is 2.66. The first kappa shape index (κ1) is 20.0. The first-order valence-electron chi connectivity index (χ1n) is 8.36. The number of aryl methyl sites for hydroxylation is 1. The van der Waals surface area contributed by atoms with Crippen LogP contribution in [0.4, 0.5) is 5.69 Å². The molecule has 0 aliphatic rings. The summed E-state index contributed by atoms with van der Waals surface area (Å²) in [6.45, 7) is 0.514. The van der Waals surface area contributed by atoms with Gasteiger partial charge in [-0.05, 0) is 42.0 Å². The largest absolute Gasteiger partial charge is 0.493 e. The number of methoxy groups -OCH3 is 2. The molecule has 0 saturated carbocycles. The average molecular weight is 375 g/mol. The molecule has 0 fully saturated rings. The van der Waals surface area contributed by atoms with Crippen molar-refractivity contribution in [2.24, 2.45) is 0 Å². The maximum absolute atomic E-state index is 12.5. The second-order valence-electron chi connectivity index (χ2n) is 5.97. The number of amides is 1. The molecule has 2 N–H and O–H groups in total. The summed E-state index contributed by atoms with van der Waals surface area (Å²) >= 11 is 1.62. The predicted octanol–water partition coefficient (Wildman–Crippen LogP) is 3.60. The molecule has 0 spiro atoms. The van der Waals surface area contributed by atoms with E-state index in [4.69, 9.17) is 15.2 Å². The van der Waals surface area contributed by atoms with Crippen LogP contribution in [0.1, 0.15) is 17.5 Å². The zero-order chi connectivity index (χ0) is 19.1. The molecule has 0 unspecified atom stereocenters. The van der Waals surface area contributed by atoms with Crippen molar-refractivity contribution in [1.82, 2.24) is 4.90 Å². The molecule has 6 heteroatoms. The summed E-state index contributed by atoms with van der Waals surface area (Å²) < 4.78 is 10.7. The number of benzene rings is 2. The van der Waals surface area contributed by atoms with Crippen LogP contribution in [-0.4, -0.2) is 38.3 Å². The first-order valence-corrected chi connectivity index (χ1v) is 9.58. The lowest BCUT2D eigenvalue weighted by Crippen LogP contribution is -2.26. The number of hydrogen-bond acceptors (Lipinski definition) is 5. The number of ether oxygens (including phenoxy) is 2. The molecule has 140 valence electrons. The Morgan fingerprint density at radius 2 is 1.77 bits per heavy atom. The number of nitrogens with two attached hydrogens (primary N) is 1. The van der Waals surface area contributed by atoms with E-state index in [0.29, 0.717) is 30.9 Å². The Labute approximate surface area is 159 Å². The molecular formula is C20H26N2O3S. The molecule has 0 aromatic heterocycles. The molecule has 0 saturated heterocycles. The van der Waals surface area contributed by atoms with Gasteiger partial charge >= 0.3 is 0 Å². The van der Waals surface area contributed by atoms with Crippen LogP contribution in [0, 0.1) is 0 Å². The van der Waals surface area contributed by atoms with Crippen molar-refractivity contribution in [2.45, 2.75) is 24.3 Å². The molecule has 26 heavy (non-hydrogen) atoms. The third-order valence-corrected chi connectivity index (χ3v) is 5.10. The number of nitrogen functional groups attached to an aromatic ring is 1. The normalized spacial score (nSPS) is 10.5. The van der Waals surface area contributed by atoms with Crippen LogP contribution >= 0.6 is 11.8 Å². The number of carbonyl (C=O) groups excluding carboxylic acids is 1. The molecule has 2 aromatic rings. The Balaban J connectivity index is 2.07. The highest BCUT2D eigenvalue weighted by Crippen LogP contribution is 2.35. The van der Waals surface area contributed by atoms with Crippen LogP contribution in [0.2, 0.25) is 0 Å². The van der Waals surface area contributed by atoms with Gasteiger partial charge < -0.3 is 20.1 Å². The molecule has 2 rings (SSSR count). The topological polar surface area (TPSA) is 64.8 Å². The fourth-order valence-electron chi connectivity index (χ4n) is 2.75. The number of nitrogens with zero attached hydrogens (tertiary/aromatic N) is 1. The van der Waals surface area contributed by atoms with Crippen LogP contribution < -0.4 is 15.2 Å². The van der Waals surface area contributed by atoms with E-state index in [-0.39, 0.29) is 5.91 Å². The molecule has 5 nitrogen and oxygen atoms in total. The summed E-state index contributed by atoms with van der Waals surface area (Å²) in [6, 6.07) is 11.5. The smallest absolute Gasteiger partial charge is 0.222 e. The van der Waals surface area contributed by atoms with Crippen molar-refractivity contribution in [1.29, 1.82) is 0 Å². The van der Waals surface area contributed by atoms with Gasteiger partial charge in [-0.15, -0.1) is 11.8 Å². The molecule has 0 aliphatic heterocycles. The van der Waals surface area contributed by atoms with Gasteiger partial charge in [0.1, 0.15) is 0 Å². The highest BCUT2D eigenvalue weighted by Gasteiger charge is 2.15. The highest BCUT2D eigenvalue weighted by atomic mass is 32.2. The number of anilines is 1. The van der Waals surface area contributed by atoms with Gasteiger partial charge in [-0.2, -0.15) is 0 Å². The van der Waals surface area contributed by atoms with Gasteiger partial charge in [0.25, 0.3) is 0 Å². The minimum absolute atomic E-state index is 0.0788. The Morgan fingerprint density at radius 3 is 2.38 bits per heavy atom. The Morgan fingerprint density at radius 1 is 1.12 bits per heavy atom. The fraction of sp³-hybridized carbons (Fsp3) is 0.350. The molecule has 0 atom stereocenters. The highest BCUT2D eigenvalue weighted by molar-refractivity contribution is 7.98. The van der Waals surface area contributed by atoms with E-state index in [1.807, 2.05) is 49.7 Å². The molecule has 1 amide bonds. The summed E-state index contributed by atoms with van der Waals surface area (Å²) in [4.78, 5) is 15.3. The van der Waals surface area contributed by atoms with Gasteiger partial charge in [-0.1, -0.05) is 18.2 Å². The molecular weight excluding hydrogens is 348 g/mol. The van der Waals surface area contributed by atoms with Crippen molar-refractivity contribution in [2.75, 3.05) is 33.3 Å². The van der Waals surface area contributed by atoms with Crippen molar-refractivity contribution in [3.05, 3.63) is 47.5 Å². The zero-order valence-electron chi connectivity index (χ0n) is 15.7. The van der Waals surface area contributed by atoms with Gasteiger partial charge in [-0.3, -0.25) is 4.79 Å². The number of para-hydroxylation sites is 1. The van der Waals surface area contributed by atoms with E-state index < -0.39 is 0 Å². The van der Waals surface area contributed by atoms with Crippen LogP contribution in [0.25, 0.3) is 0 Å². The lowest BCUT2D eigenvalue weighted by Gasteiger charge is -2.20. The zero-order valence-corrected chi connectivity index (χ0v) is 16.6. The maximum atomic E-state index is 12.5. The SMILES string of the molecule is COc1cc(CN(C)C(=O)CCc2ccccc2N)c(SC)cc1OC. The number of hydrogen-bond donors (Lipinski definition) is 1. The van der Waals surface area contributed by atoms with Gasteiger partial charge in [0, 0.05) is 30.6 Å². The van der Waals surface area contributed by atoms with Gasteiger partial charge in [0.05, 0.1) is 14.2 Å². The lowest BCUT2D eigenvalue weighted by molar-refractivity contribution is -0.130. The minimum atomic E-state index is 0.0788. The van der Waals surface area contributed by atoms with Crippen LogP contribution in [0.3, 0.4) is 0 Å².